The Labute approximate surface area is 382 Å². The van der Waals surface area contributed by atoms with Crippen molar-refractivity contribution in [2.75, 3.05) is 60.2 Å². The molecule has 4 atom stereocenters. The first-order valence-electron chi connectivity index (χ1n) is 23.1. The molecule has 15 nitrogen and oxygen atoms in total. The predicted molar refractivity (Wildman–Crippen MR) is 249 cm³/mol. The first kappa shape index (κ1) is 47.8. The molecule has 0 aliphatic carbocycles. The van der Waals surface area contributed by atoms with Crippen LogP contribution in [0.5, 0.6) is 5.75 Å². The van der Waals surface area contributed by atoms with Crippen molar-refractivity contribution < 1.29 is 38.9 Å². The second kappa shape index (κ2) is 20.1. The van der Waals surface area contributed by atoms with Crippen LogP contribution in [0.3, 0.4) is 0 Å². The minimum Gasteiger partial charge on any atom is -0.508 e. The number of likely N-dealkylation sites (tertiary alicyclic amines) is 1. The number of hydrazine groups is 1. The molecule has 5 heterocycles. The van der Waals surface area contributed by atoms with Crippen molar-refractivity contribution in [2.24, 2.45) is 17.3 Å². The first-order valence-corrected chi connectivity index (χ1v) is 23.1. The smallest absolute Gasteiger partial charge is 0.259 e. The Bertz CT molecular complexity index is 2380. The molecule has 4 aromatic rings. The molecule has 15 heteroatoms. The highest BCUT2D eigenvalue weighted by molar-refractivity contribution is 5.96. The number of pyridine rings is 1. The summed E-state index contributed by atoms with van der Waals surface area (Å²) >= 11 is 0. The van der Waals surface area contributed by atoms with E-state index in [9.17, 15) is 29.4 Å². The number of carbonyl (C=O) groups excluding carboxylic acids is 4. The average Bonchev–Trinajstić information content (AvgIpc) is 3.87. The number of phenols is 1. The van der Waals surface area contributed by atoms with Gasteiger partial charge in [0.05, 0.1) is 38.0 Å². The number of amides is 3. The molecular weight excluding hydrogens is 827 g/mol. The fourth-order valence-electron chi connectivity index (χ4n) is 10.3. The normalized spacial score (nSPS) is 22.2. The Hall–Kier alpha value is -5.19. The number of β-amino-alcohol motifs (C(OH)–C–C–N with tert-alkyl or cyclic N) is 1. The van der Waals surface area contributed by atoms with Crippen LogP contribution in [0, 0.1) is 17.3 Å². The quantitative estimate of drug-likeness (QED) is 0.145. The van der Waals surface area contributed by atoms with Crippen molar-refractivity contribution in [3.05, 3.63) is 71.5 Å². The number of aromatic hydroxyl groups is 1. The Kier molecular flexibility index (Phi) is 14.8. The van der Waals surface area contributed by atoms with E-state index in [1.807, 2.05) is 43.1 Å². The molecule has 6 bridgehead atoms. The van der Waals surface area contributed by atoms with Crippen LogP contribution in [0.15, 0.2) is 54.9 Å². The zero-order valence-electron chi connectivity index (χ0n) is 39.1. The lowest BCUT2D eigenvalue weighted by Gasteiger charge is -2.42. The molecule has 3 aliphatic rings. The van der Waals surface area contributed by atoms with E-state index in [2.05, 4.69) is 53.2 Å². The second-order valence-electron chi connectivity index (χ2n) is 19.4. The number of nitrogens with one attached hydrogen (secondary N) is 2. The zero-order chi connectivity index (χ0) is 46.6. The number of hydrogen-bond donors (Lipinski definition) is 4. The summed E-state index contributed by atoms with van der Waals surface area (Å²) in [5.74, 6) is -1.72. The SMILES string of the molecule is CCn1c(-c2cnccc2COC)c2c3cc(ccc31)-c1cc(O)cc(c1)C[C@H](NC(=O)[C@H](C(C)C)N(C)C(=O)[C@H]1CCN(CCO)C1)C(=O)N1CCCC(C=O)(COCC(C)(C)C2)N1. The maximum atomic E-state index is 14.8. The number of likely N-dealkylation sites (N-methyl/N-ethyl adjacent to an activating group) is 1. The number of hydrogen-bond acceptors (Lipinski definition) is 11. The monoisotopic (exact) mass is 894 g/mol. The van der Waals surface area contributed by atoms with Gasteiger partial charge >= 0.3 is 0 Å². The molecule has 0 saturated carbocycles. The fraction of sp³-hybridized carbons (Fsp3) is 0.540. The van der Waals surface area contributed by atoms with Crippen LogP contribution in [-0.4, -0.2) is 136 Å². The minimum atomic E-state index is -1.20. The van der Waals surface area contributed by atoms with Crippen LogP contribution in [-0.2, 0) is 54.6 Å². The average molecular weight is 894 g/mol. The highest BCUT2D eigenvalue weighted by atomic mass is 16.5. The van der Waals surface area contributed by atoms with E-state index in [1.54, 1.807) is 32.5 Å². The van der Waals surface area contributed by atoms with Gasteiger partial charge in [0.25, 0.3) is 5.91 Å². The van der Waals surface area contributed by atoms with E-state index < -0.39 is 34.9 Å². The summed E-state index contributed by atoms with van der Waals surface area (Å²) in [7, 11) is 3.32. The highest BCUT2D eigenvalue weighted by Crippen LogP contribution is 2.41. The van der Waals surface area contributed by atoms with Crippen molar-refractivity contribution in [3.63, 3.8) is 0 Å². The maximum absolute atomic E-state index is 14.8. The number of aliphatic hydroxyl groups is 1. The summed E-state index contributed by atoms with van der Waals surface area (Å²) in [6, 6.07) is 11.5. The van der Waals surface area contributed by atoms with E-state index in [4.69, 9.17) is 9.47 Å². The number of aryl methyl sites for hydroxylation is 1. The van der Waals surface area contributed by atoms with E-state index in [0.29, 0.717) is 70.6 Å². The fourth-order valence-corrected chi connectivity index (χ4v) is 10.3. The van der Waals surface area contributed by atoms with Gasteiger partial charge in [0.2, 0.25) is 11.8 Å². The van der Waals surface area contributed by atoms with Gasteiger partial charge in [-0.05, 0) is 109 Å². The second-order valence-corrected chi connectivity index (χ2v) is 19.4. The van der Waals surface area contributed by atoms with Gasteiger partial charge in [-0.3, -0.25) is 24.4 Å². The summed E-state index contributed by atoms with van der Waals surface area (Å²) in [5.41, 5.74) is 8.98. The Morgan fingerprint density at radius 1 is 1.12 bits per heavy atom. The number of aldehydes is 1. The zero-order valence-corrected chi connectivity index (χ0v) is 39.1. The lowest BCUT2D eigenvalue weighted by molar-refractivity contribution is -0.148. The number of ether oxygens (including phenoxy) is 2. The molecule has 7 rings (SSSR count). The van der Waals surface area contributed by atoms with Crippen LogP contribution in [0.1, 0.15) is 70.6 Å². The molecule has 0 spiro atoms. The van der Waals surface area contributed by atoms with Crippen LogP contribution >= 0.6 is 0 Å². The summed E-state index contributed by atoms with van der Waals surface area (Å²) in [4.78, 5) is 64.4. The molecule has 0 radical (unpaired) electrons. The summed E-state index contributed by atoms with van der Waals surface area (Å²) in [6.45, 7) is 13.5. The number of nitrogens with zero attached hydrogens (tertiary/aromatic N) is 5. The van der Waals surface area contributed by atoms with Gasteiger partial charge in [-0.15, -0.1) is 0 Å². The van der Waals surface area contributed by atoms with Crippen molar-refractivity contribution >= 4 is 34.9 Å². The molecule has 2 fully saturated rings. The molecular formula is C50H67N7O8. The molecule has 350 valence electrons. The van der Waals surface area contributed by atoms with Crippen molar-refractivity contribution in [1.82, 2.24) is 35.1 Å². The van der Waals surface area contributed by atoms with Crippen LogP contribution in [0.25, 0.3) is 33.3 Å². The van der Waals surface area contributed by atoms with Crippen molar-refractivity contribution in [2.45, 2.75) is 97.5 Å². The third-order valence-electron chi connectivity index (χ3n) is 13.4. The van der Waals surface area contributed by atoms with Crippen LogP contribution < -0.4 is 10.7 Å². The number of rotatable bonds is 12. The van der Waals surface area contributed by atoms with Gasteiger partial charge in [-0.25, -0.2) is 5.43 Å². The number of fused-ring (bicyclic) bond motifs is 6. The number of aliphatic hydroxyl groups excluding tert-OH is 1. The third kappa shape index (κ3) is 10.3. The summed E-state index contributed by atoms with van der Waals surface area (Å²) in [5, 5.41) is 26.3. The molecule has 2 aromatic heterocycles. The Balaban J connectivity index is 1.32. The van der Waals surface area contributed by atoms with E-state index >= 15 is 0 Å². The third-order valence-corrected chi connectivity index (χ3v) is 13.4. The topological polar surface area (TPSA) is 179 Å². The number of benzene rings is 2. The standard InChI is InChI=1S/C50H67N7O8/c1-8-56-43-11-10-34-24-39(43)40(45(56)41-26-51-15-12-36(41)28-64-7)25-49(4,5)30-65-31-50(29-59)14-9-16-57(53-50)48(63)42(22-33-20-37(34)23-38(60)21-33)52-46(61)44(32(2)3)54(6)47(62)35-13-17-55(27-35)18-19-58/h10-12,15,20-21,23-24,26,29,32,35,42,44,53,58,60H,8-9,13-14,16-19,22,25,27-28,30-31H2,1-7H3,(H,52,61)/t35-,42-,44-,50?/m0/s1. The van der Waals surface area contributed by atoms with E-state index in [-0.39, 0.29) is 49.7 Å². The largest absolute Gasteiger partial charge is 0.508 e. The van der Waals surface area contributed by atoms with Crippen molar-refractivity contribution in [1.29, 1.82) is 0 Å². The number of aromatic nitrogens is 2. The van der Waals surface area contributed by atoms with Crippen LogP contribution in [0.4, 0.5) is 0 Å². The van der Waals surface area contributed by atoms with Crippen molar-refractivity contribution in [3.8, 4) is 28.1 Å². The number of carbonyl (C=O) groups is 4. The predicted octanol–water partition coefficient (Wildman–Crippen LogP) is 4.73. The summed E-state index contributed by atoms with van der Waals surface area (Å²) in [6.07, 6.45) is 6.70. The van der Waals surface area contributed by atoms with E-state index in [1.165, 1.54) is 9.91 Å². The maximum Gasteiger partial charge on any atom is 0.259 e. The molecule has 3 amide bonds. The van der Waals surface area contributed by atoms with Crippen LogP contribution in [0.2, 0.25) is 0 Å². The molecule has 2 saturated heterocycles. The molecule has 1 unspecified atom stereocenters. The number of phenolic OH excluding ortho intramolecular Hbond substituents is 1. The van der Waals surface area contributed by atoms with E-state index in [0.717, 1.165) is 50.7 Å². The first-order chi connectivity index (χ1) is 31.1. The van der Waals surface area contributed by atoms with Gasteiger partial charge in [-0.2, -0.15) is 0 Å². The van der Waals surface area contributed by atoms with Gasteiger partial charge in [-0.1, -0.05) is 39.8 Å². The summed E-state index contributed by atoms with van der Waals surface area (Å²) < 4.78 is 14.5. The van der Waals surface area contributed by atoms with Gasteiger partial charge in [0, 0.05) is 75.6 Å². The lowest BCUT2D eigenvalue weighted by atomic mass is 9.84. The van der Waals surface area contributed by atoms with Gasteiger partial charge in [0.1, 0.15) is 29.7 Å². The minimum absolute atomic E-state index is 0.00227. The Morgan fingerprint density at radius 2 is 1.92 bits per heavy atom. The molecule has 4 N–H and O–H groups in total. The highest BCUT2D eigenvalue weighted by Gasteiger charge is 2.42. The Morgan fingerprint density at radius 3 is 2.65 bits per heavy atom. The number of methoxy groups -OCH3 is 1. The molecule has 2 aromatic carbocycles. The lowest BCUT2D eigenvalue weighted by Crippen LogP contribution is -2.66. The molecule has 3 aliphatic heterocycles. The molecule has 65 heavy (non-hydrogen) atoms. The van der Waals surface area contributed by atoms with Gasteiger partial charge in [0.15, 0.2) is 0 Å². The van der Waals surface area contributed by atoms with Gasteiger partial charge < -0.3 is 44.2 Å².